The SMILES string of the molecule is C1=CC2c3cnccc3N(c3cc(-c4cccnc4)cc(-c4ccc5c(ccc6cc(-c7cc(-c8cccnc8)cc(-n8c9ccccc9c9cnccc98)n7)ccc65)c4)n3)C2C=C1. The van der Waals surface area contributed by atoms with Crippen LogP contribution in [0.3, 0.4) is 0 Å². The molecule has 300 valence electrons. The third kappa shape index (κ3) is 5.84. The molecule has 0 saturated heterocycles. The summed E-state index contributed by atoms with van der Waals surface area (Å²) in [7, 11) is 0. The van der Waals surface area contributed by atoms with Crippen molar-refractivity contribution >= 4 is 54.9 Å². The second-order valence-corrected chi connectivity index (χ2v) is 16.5. The summed E-state index contributed by atoms with van der Waals surface area (Å²) in [6.45, 7) is 0. The molecule has 0 saturated carbocycles. The van der Waals surface area contributed by atoms with Crippen LogP contribution in [0.2, 0.25) is 0 Å². The van der Waals surface area contributed by atoms with Crippen LogP contribution in [0.1, 0.15) is 11.5 Å². The summed E-state index contributed by atoms with van der Waals surface area (Å²) >= 11 is 0. The quantitative estimate of drug-likeness (QED) is 0.154. The molecule has 2 unspecified atom stereocenters. The number of hydrogen-bond acceptors (Lipinski definition) is 7. The largest absolute Gasteiger partial charge is 0.318 e. The Morgan fingerprint density at radius 1 is 0.406 bits per heavy atom. The van der Waals surface area contributed by atoms with Crippen LogP contribution in [0, 0.1) is 0 Å². The van der Waals surface area contributed by atoms with Gasteiger partial charge in [0.15, 0.2) is 0 Å². The number of nitrogens with zero attached hydrogens (tertiary/aromatic N) is 8. The first kappa shape index (κ1) is 36.1. The van der Waals surface area contributed by atoms with Gasteiger partial charge in [-0.15, -0.1) is 0 Å². The van der Waals surface area contributed by atoms with Gasteiger partial charge in [-0.2, -0.15) is 0 Å². The van der Waals surface area contributed by atoms with Crippen LogP contribution < -0.4 is 4.90 Å². The predicted octanol–water partition coefficient (Wildman–Crippen LogP) is 12.9. The third-order valence-corrected chi connectivity index (χ3v) is 12.8. The smallest absolute Gasteiger partial charge is 0.138 e. The van der Waals surface area contributed by atoms with E-state index >= 15 is 0 Å². The van der Waals surface area contributed by atoms with Crippen LogP contribution in [0.25, 0.3) is 93.9 Å². The highest BCUT2D eigenvalue weighted by molar-refractivity contribution is 6.10. The highest BCUT2D eigenvalue weighted by Gasteiger charge is 2.38. The first-order valence-electron chi connectivity index (χ1n) is 21.5. The van der Waals surface area contributed by atoms with E-state index in [1.165, 1.54) is 16.3 Å². The van der Waals surface area contributed by atoms with Crippen LogP contribution >= 0.6 is 0 Å². The Morgan fingerprint density at radius 2 is 1.03 bits per heavy atom. The second-order valence-electron chi connectivity index (χ2n) is 16.5. The van der Waals surface area contributed by atoms with E-state index in [-0.39, 0.29) is 12.0 Å². The lowest BCUT2D eigenvalue weighted by atomic mass is 9.92. The molecule has 2 aliphatic rings. The molecule has 8 nitrogen and oxygen atoms in total. The number of aromatic nitrogens is 7. The number of pyridine rings is 6. The zero-order valence-corrected chi connectivity index (χ0v) is 34.4. The van der Waals surface area contributed by atoms with Gasteiger partial charge in [-0.25, -0.2) is 9.97 Å². The Labute approximate surface area is 368 Å². The zero-order valence-electron chi connectivity index (χ0n) is 34.4. The maximum atomic E-state index is 5.41. The summed E-state index contributed by atoms with van der Waals surface area (Å²) in [5.74, 6) is 1.93. The highest BCUT2D eigenvalue weighted by Crippen LogP contribution is 2.48. The molecule has 0 spiro atoms. The van der Waals surface area contributed by atoms with E-state index in [1.54, 1.807) is 0 Å². The lowest BCUT2D eigenvalue weighted by Crippen LogP contribution is -2.29. The fourth-order valence-corrected chi connectivity index (χ4v) is 9.86. The van der Waals surface area contributed by atoms with Gasteiger partial charge in [0.2, 0.25) is 0 Å². The Kier molecular flexibility index (Phi) is 8.17. The molecule has 0 fully saturated rings. The maximum absolute atomic E-state index is 5.41. The summed E-state index contributed by atoms with van der Waals surface area (Å²) in [5, 5.41) is 6.87. The van der Waals surface area contributed by atoms with Crippen LogP contribution in [-0.2, 0) is 0 Å². The van der Waals surface area contributed by atoms with E-state index in [0.29, 0.717) is 0 Å². The summed E-state index contributed by atoms with van der Waals surface area (Å²) in [4.78, 5) is 31.1. The molecule has 4 aromatic carbocycles. The minimum atomic E-state index is 0.104. The molecule has 0 amide bonds. The summed E-state index contributed by atoms with van der Waals surface area (Å²) in [6, 6.07) is 47.5. The number of rotatable bonds is 6. The van der Waals surface area contributed by atoms with Gasteiger partial charge in [0.1, 0.15) is 11.6 Å². The van der Waals surface area contributed by atoms with Crippen molar-refractivity contribution in [2.45, 2.75) is 12.0 Å². The molecular formula is C56H36N8. The van der Waals surface area contributed by atoms with Gasteiger partial charge >= 0.3 is 0 Å². The van der Waals surface area contributed by atoms with E-state index in [4.69, 9.17) is 9.97 Å². The van der Waals surface area contributed by atoms with Crippen LogP contribution in [0.5, 0.6) is 0 Å². The lowest BCUT2D eigenvalue weighted by molar-refractivity contribution is 0.737. The molecule has 13 rings (SSSR count). The third-order valence-electron chi connectivity index (χ3n) is 12.8. The van der Waals surface area contributed by atoms with Crippen molar-refractivity contribution in [1.82, 2.24) is 34.5 Å². The molecule has 0 bridgehead atoms. The summed E-state index contributed by atoms with van der Waals surface area (Å²) in [5.41, 5.74) is 12.5. The number of fused-ring (bicyclic) bond motifs is 9. The van der Waals surface area contributed by atoms with Gasteiger partial charge < -0.3 is 4.90 Å². The van der Waals surface area contributed by atoms with Crippen molar-refractivity contribution in [3.63, 3.8) is 0 Å². The van der Waals surface area contributed by atoms with Gasteiger partial charge in [0, 0.05) is 94.1 Å². The number of hydrogen-bond donors (Lipinski definition) is 0. The van der Waals surface area contributed by atoms with Gasteiger partial charge in [-0.1, -0.05) is 91.0 Å². The summed E-state index contributed by atoms with van der Waals surface area (Å²) in [6.07, 6.45) is 23.9. The van der Waals surface area contributed by atoms with Crippen LogP contribution in [-0.4, -0.2) is 40.5 Å². The van der Waals surface area contributed by atoms with Crippen molar-refractivity contribution in [2.24, 2.45) is 0 Å². The molecule has 8 heterocycles. The standard InChI is InChI=1S/C56H36N8/c1-3-11-51-45(9-1)47-33-59-23-19-53(47)63(51)55-29-41(39-7-5-21-57-31-39)27-49(61-55)37-15-17-43-35(25-37)13-14-36-26-38(16-18-44(36)43)50-28-42(40-8-6-22-58-32-40)30-56(62-50)64-52-12-4-2-10-46(52)48-34-60-24-20-54(48)64/h1-34,45,51H. The van der Waals surface area contributed by atoms with E-state index in [2.05, 4.69) is 175 Å². The first-order chi connectivity index (χ1) is 31.7. The normalized spacial score (nSPS) is 15.3. The highest BCUT2D eigenvalue weighted by atomic mass is 15.2. The molecule has 7 aromatic heterocycles. The average molecular weight is 821 g/mol. The minimum Gasteiger partial charge on any atom is -0.318 e. The topological polar surface area (TPSA) is 85.5 Å². The molecule has 0 radical (unpaired) electrons. The molecule has 64 heavy (non-hydrogen) atoms. The van der Waals surface area contributed by atoms with E-state index in [9.17, 15) is 0 Å². The fourth-order valence-electron chi connectivity index (χ4n) is 9.86. The monoisotopic (exact) mass is 820 g/mol. The van der Waals surface area contributed by atoms with Crippen molar-refractivity contribution < 1.29 is 0 Å². The Morgan fingerprint density at radius 3 is 1.75 bits per heavy atom. The van der Waals surface area contributed by atoms with Crippen molar-refractivity contribution in [3.8, 4) is 50.6 Å². The van der Waals surface area contributed by atoms with Gasteiger partial charge in [-0.3, -0.25) is 24.5 Å². The number of allylic oxidation sites excluding steroid dienone is 2. The van der Waals surface area contributed by atoms with Gasteiger partial charge in [0.05, 0.1) is 34.2 Å². The number of benzene rings is 4. The molecule has 0 N–H and O–H groups in total. The number of anilines is 2. The van der Waals surface area contributed by atoms with Crippen molar-refractivity contribution in [1.29, 1.82) is 0 Å². The van der Waals surface area contributed by atoms with Crippen molar-refractivity contribution in [3.05, 3.63) is 213 Å². The van der Waals surface area contributed by atoms with Gasteiger partial charge in [-0.05, 0) is 99.4 Å². The van der Waals surface area contributed by atoms with E-state index < -0.39 is 0 Å². The van der Waals surface area contributed by atoms with Gasteiger partial charge in [0.25, 0.3) is 0 Å². The molecule has 1 aliphatic carbocycles. The first-order valence-corrected chi connectivity index (χ1v) is 21.5. The van der Waals surface area contributed by atoms with E-state index in [1.807, 2.05) is 61.7 Å². The molecule has 2 atom stereocenters. The zero-order chi connectivity index (χ0) is 42.1. The fraction of sp³-hybridized carbons (Fsp3) is 0.0357. The van der Waals surface area contributed by atoms with Crippen molar-refractivity contribution in [2.75, 3.05) is 4.90 Å². The molecule has 1 aliphatic heterocycles. The Hall–Kier alpha value is -8.62. The Balaban J connectivity index is 0.921. The number of para-hydroxylation sites is 1. The predicted molar refractivity (Wildman–Crippen MR) is 258 cm³/mol. The maximum Gasteiger partial charge on any atom is 0.138 e. The summed E-state index contributed by atoms with van der Waals surface area (Å²) < 4.78 is 2.24. The molecule has 11 aromatic rings. The average Bonchev–Trinajstić information content (AvgIpc) is 3.89. The van der Waals surface area contributed by atoms with E-state index in [0.717, 1.165) is 94.7 Å². The second kappa shape index (κ2) is 14.5. The lowest BCUT2D eigenvalue weighted by Gasteiger charge is -2.28. The molecular weight excluding hydrogens is 785 g/mol. The molecule has 8 heteroatoms. The van der Waals surface area contributed by atoms with Crippen LogP contribution in [0.4, 0.5) is 11.5 Å². The minimum absolute atomic E-state index is 0.104. The van der Waals surface area contributed by atoms with Crippen LogP contribution in [0.15, 0.2) is 207 Å². The Bertz CT molecular complexity index is 3650.